The highest BCUT2D eigenvalue weighted by atomic mass is 16.6. The number of aliphatic hydroxyl groups is 1. The van der Waals surface area contributed by atoms with E-state index in [2.05, 4.69) is 21.3 Å². The first kappa shape index (κ1) is 37.6. The van der Waals surface area contributed by atoms with Crippen LogP contribution in [-0.4, -0.2) is 81.7 Å². The number of aliphatic hydroxyl groups excluding tert-OH is 1. The number of anilines is 1. The van der Waals surface area contributed by atoms with E-state index in [9.17, 15) is 38.7 Å². The fourth-order valence-corrected chi connectivity index (χ4v) is 4.36. The molecule has 1 aromatic rings. The molecular formula is C32H45N5O9. The third kappa shape index (κ3) is 12.8. The van der Waals surface area contributed by atoms with E-state index in [1.807, 2.05) is 13.8 Å². The van der Waals surface area contributed by atoms with Crippen molar-refractivity contribution in [1.29, 1.82) is 0 Å². The van der Waals surface area contributed by atoms with Gasteiger partial charge in [0, 0.05) is 37.2 Å². The van der Waals surface area contributed by atoms with Gasteiger partial charge in [-0.05, 0) is 64.2 Å². The van der Waals surface area contributed by atoms with E-state index < -0.39 is 65.1 Å². The van der Waals surface area contributed by atoms with Crippen LogP contribution in [0.5, 0.6) is 0 Å². The van der Waals surface area contributed by atoms with Crippen LogP contribution in [0.25, 0.3) is 0 Å². The molecule has 0 saturated carbocycles. The molecule has 0 aliphatic carbocycles. The number of imide groups is 1. The molecular weight excluding hydrogens is 598 g/mol. The van der Waals surface area contributed by atoms with Gasteiger partial charge in [-0.3, -0.25) is 38.5 Å². The second-order valence-corrected chi connectivity index (χ2v) is 12.4. The van der Waals surface area contributed by atoms with Crippen molar-refractivity contribution < 1.29 is 43.4 Å². The molecule has 2 rings (SSSR count). The number of rotatable bonds is 16. The van der Waals surface area contributed by atoms with E-state index in [4.69, 9.17) is 4.74 Å². The summed E-state index contributed by atoms with van der Waals surface area (Å²) in [6.45, 7) is 9.91. The van der Waals surface area contributed by atoms with Crippen LogP contribution in [0.2, 0.25) is 0 Å². The molecule has 1 heterocycles. The summed E-state index contributed by atoms with van der Waals surface area (Å²) in [4.78, 5) is 88.9. The molecule has 3 atom stereocenters. The molecule has 5 N–H and O–H groups in total. The monoisotopic (exact) mass is 643 g/mol. The van der Waals surface area contributed by atoms with Gasteiger partial charge < -0.3 is 31.1 Å². The topological polar surface area (TPSA) is 200 Å². The van der Waals surface area contributed by atoms with E-state index in [0.29, 0.717) is 11.3 Å². The molecule has 0 radical (unpaired) electrons. The van der Waals surface area contributed by atoms with E-state index in [-0.39, 0.29) is 44.8 Å². The molecule has 0 saturated heterocycles. The third-order valence-electron chi connectivity index (χ3n) is 6.67. The molecule has 0 bridgehead atoms. The van der Waals surface area contributed by atoms with Crippen molar-refractivity contribution in [3.05, 3.63) is 42.0 Å². The second-order valence-electron chi connectivity index (χ2n) is 12.4. The number of benzene rings is 1. The van der Waals surface area contributed by atoms with E-state index in [1.165, 1.54) is 6.92 Å². The normalized spacial score (nSPS) is 14.8. The molecule has 1 aromatic carbocycles. The Morgan fingerprint density at radius 1 is 0.826 bits per heavy atom. The lowest BCUT2D eigenvalue weighted by Crippen LogP contribution is -2.55. The largest absolute Gasteiger partial charge is 0.460 e. The maximum absolute atomic E-state index is 13.2. The third-order valence-corrected chi connectivity index (χ3v) is 6.67. The summed E-state index contributed by atoms with van der Waals surface area (Å²) in [5.41, 5.74) is 0.300. The summed E-state index contributed by atoms with van der Waals surface area (Å²) < 4.78 is 5.33. The lowest BCUT2D eigenvalue weighted by atomic mass is 10.0. The molecule has 3 unspecified atom stereocenters. The fourth-order valence-electron chi connectivity index (χ4n) is 4.36. The van der Waals surface area contributed by atoms with Crippen LogP contribution >= 0.6 is 0 Å². The van der Waals surface area contributed by atoms with Gasteiger partial charge >= 0.3 is 5.97 Å². The number of nitrogens with one attached hydrogen (secondary N) is 4. The predicted molar refractivity (Wildman–Crippen MR) is 167 cm³/mol. The fraction of sp³-hybridized carbons (Fsp3) is 0.531. The maximum Gasteiger partial charge on any atom is 0.306 e. The number of nitrogens with zero attached hydrogens (tertiary/aromatic N) is 1. The average molecular weight is 644 g/mol. The van der Waals surface area contributed by atoms with Gasteiger partial charge in [0.1, 0.15) is 23.7 Å². The zero-order valence-electron chi connectivity index (χ0n) is 27.2. The lowest BCUT2D eigenvalue weighted by molar-refractivity contribution is -0.155. The Hall–Kier alpha value is -4.59. The molecule has 0 fully saturated rings. The highest BCUT2D eigenvalue weighted by Gasteiger charge is 2.30. The van der Waals surface area contributed by atoms with Crippen molar-refractivity contribution in [3.63, 3.8) is 0 Å². The highest BCUT2D eigenvalue weighted by Crippen LogP contribution is 2.14. The number of hydrogen-bond donors (Lipinski definition) is 5. The first-order valence-corrected chi connectivity index (χ1v) is 15.1. The predicted octanol–water partition coefficient (Wildman–Crippen LogP) is 1.07. The van der Waals surface area contributed by atoms with Crippen molar-refractivity contribution in [3.8, 4) is 0 Å². The number of ether oxygens (including phenoxy) is 1. The van der Waals surface area contributed by atoms with Crippen molar-refractivity contribution in [2.75, 3.05) is 11.9 Å². The van der Waals surface area contributed by atoms with Crippen molar-refractivity contribution >= 4 is 47.1 Å². The zero-order valence-corrected chi connectivity index (χ0v) is 27.2. The summed E-state index contributed by atoms with van der Waals surface area (Å²) >= 11 is 0. The SMILES string of the molecule is CC(C)CC(NC(=O)CCN1C(=O)C=CC1=O)C(=O)NC(C)C(=O)NC(CCC(=O)OC(C)(C)C)C(=O)Nc1ccc(CO)cc1. The van der Waals surface area contributed by atoms with E-state index >= 15 is 0 Å². The van der Waals surface area contributed by atoms with Gasteiger partial charge in [-0.2, -0.15) is 0 Å². The average Bonchev–Trinajstić information content (AvgIpc) is 3.29. The zero-order chi connectivity index (χ0) is 34.6. The molecule has 14 heteroatoms. The van der Waals surface area contributed by atoms with Crippen molar-refractivity contribution in [2.24, 2.45) is 5.92 Å². The lowest BCUT2D eigenvalue weighted by Gasteiger charge is -2.25. The summed E-state index contributed by atoms with van der Waals surface area (Å²) in [5.74, 6) is -4.13. The summed E-state index contributed by atoms with van der Waals surface area (Å²) in [7, 11) is 0. The van der Waals surface area contributed by atoms with E-state index in [1.54, 1.807) is 45.0 Å². The maximum atomic E-state index is 13.2. The van der Waals surface area contributed by atoms with Gasteiger partial charge in [0.2, 0.25) is 23.6 Å². The molecule has 6 amide bonds. The Morgan fingerprint density at radius 2 is 1.43 bits per heavy atom. The van der Waals surface area contributed by atoms with Crippen LogP contribution in [0.15, 0.2) is 36.4 Å². The minimum absolute atomic E-state index is 0.0153. The van der Waals surface area contributed by atoms with Crippen LogP contribution in [0.4, 0.5) is 5.69 Å². The van der Waals surface area contributed by atoms with Gasteiger partial charge in [-0.15, -0.1) is 0 Å². The number of carbonyl (C=O) groups is 7. The molecule has 0 spiro atoms. The van der Waals surface area contributed by atoms with Crippen LogP contribution in [0.3, 0.4) is 0 Å². The van der Waals surface area contributed by atoms with E-state index in [0.717, 1.165) is 17.1 Å². The quantitative estimate of drug-likeness (QED) is 0.129. The molecule has 1 aliphatic rings. The van der Waals surface area contributed by atoms with Crippen LogP contribution in [0, 0.1) is 5.92 Å². The van der Waals surface area contributed by atoms with Gasteiger partial charge in [-0.25, -0.2) is 0 Å². The minimum atomic E-state index is -1.17. The molecule has 46 heavy (non-hydrogen) atoms. The van der Waals surface area contributed by atoms with Crippen molar-refractivity contribution in [1.82, 2.24) is 20.9 Å². The number of carbonyl (C=O) groups excluding carboxylic acids is 7. The summed E-state index contributed by atoms with van der Waals surface area (Å²) in [6.07, 6.45) is 1.99. The van der Waals surface area contributed by atoms with Crippen LogP contribution in [0.1, 0.15) is 72.8 Å². The molecule has 1 aliphatic heterocycles. The van der Waals surface area contributed by atoms with Gasteiger partial charge in [0.25, 0.3) is 11.8 Å². The molecule has 14 nitrogen and oxygen atoms in total. The standard InChI is InChI=1S/C32H45N5O9/c1-19(2)17-24(35-25(39)15-16-37-26(40)12-13-27(37)41)31(45)33-20(3)29(43)36-23(11-14-28(42)46-32(4,5)6)30(44)34-22-9-7-21(18-38)8-10-22/h7-10,12-13,19-20,23-24,38H,11,14-18H2,1-6H3,(H,33,45)(H,34,44)(H,35,39)(H,36,43). The number of amides is 6. The van der Waals surface area contributed by atoms with Gasteiger partial charge in [-0.1, -0.05) is 26.0 Å². The summed E-state index contributed by atoms with van der Waals surface area (Å²) in [5, 5.41) is 19.7. The Labute approximate surface area is 268 Å². The smallest absolute Gasteiger partial charge is 0.306 e. The van der Waals surface area contributed by atoms with Gasteiger partial charge in [0.05, 0.1) is 6.61 Å². The number of esters is 1. The Kier molecular flexibility index (Phi) is 14.1. The highest BCUT2D eigenvalue weighted by molar-refractivity contribution is 6.13. The Morgan fingerprint density at radius 3 is 1.98 bits per heavy atom. The number of hydrogen-bond acceptors (Lipinski definition) is 9. The first-order valence-electron chi connectivity index (χ1n) is 15.1. The Balaban J connectivity index is 2.06. The molecule has 252 valence electrons. The van der Waals surface area contributed by atoms with Gasteiger partial charge in [0.15, 0.2) is 0 Å². The van der Waals surface area contributed by atoms with Crippen LogP contribution < -0.4 is 21.3 Å². The second kappa shape index (κ2) is 17.2. The Bertz CT molecular complexity index is 1300. The van der Waals surface area contributed by atoms with Crippen LogP contribution in [-0.2, 0) is 44.9 Å². The summed E-state index contributed by atoms with van der Waals surface area (Å²) in [6, 6.07) is 3.09. The molecule has 0 aromatic heterocycles. The minimum Gasteiger partial charge on any atom is -0.460 e. The van der Waals surface area contributed by atoms with Crippen molar-refractivity contribution in [2.45, 2.75) is 97.6 Å². The first-order chi connectivity index (χ1) is 21.5.